The third-order valence-corrected chi connectivity index (χ3v) is 2.70. The van der Waals surface area contributed by atoms with Crippen molar-refractivity contribution >= 4 is 23.9 Å². The Kier molecular flexibility index (Phi) is 4.78. The van der Waals surface area contributed by atoms with E-state index < -0.39 is 0 Å². The smallest absolute Gasteiger partial charge is 0.240 e. The second kappa shape index (κ2) is 6.99. The van der Waals surface area contributed by atoms with Gasteiger partial charge in [-0.15, -0.1) is 0 Å². The Morgan fingerprint density at radius 1 is 1.00 bits per heavy atom. The number of nitrogens with zero attached hydrogens (tertiary/aromatic N) is 2. The molecular weight excluding hydrogens is 256 g/mol. The highest BCUT2D eigenvalue weighted by Gasteiger charge is 1.97. The summed E-state index contributed by atoms with van der Waals surface area (Å²) in [5, 5.41) is 8.16. The second-order valence-corrected chi connectivity index (χ2v) is 4.05. The average molecular weight is 268 g/mol. The van der Waals surface area contributed by atoms with Crippen molar-refractivity contribution in [2.45, 2.75) is 6.42 Å². The van der Waals surface area contributed by atoms with Gasteiger partial charge in [-0.3, -0.25) is 0 Å². The molecule has 0 amide bonds. The number of hydrogen-bond donors (Lipinski definition) is 1. The molecule has 0 aliphatic heterocycles. The lowest BCUT2D eigenvalue weighted by molar-refractivity contribution is -0.147. The van der Waals surface area contributed by atoms with Crippen molar-refractivity contribution in [3.8, 4) is 0 Å². The van der Waals surface area contributed by atoms with Gasteiger partial charge in [0.1, 0.15) is 0 Å². The summed E-state index contributed by atoms with van der Waals surface area (Å²) in [6.45, 7) is 0. The first-order valence-corrected chi connectivity index (χ1v) is 5.90. The van der Waals surface area contributed by atoms with E-state index in [0.717, 1.165) is 23.9 Å². The minimum absolute atomic E-state index is 0.595. The molecule has 0 unspecified atom stereocenters. The monoisotopic (exact) mass is 268 g/mol. The fourth-order valence-corrected chi connectivity index (χ4v) is 1.76. The highest BCUT2D eigenvalue weighted by molar-refractivity contribution is 5.55. The lowest BCUT2D eigenvalue weighted by Crippen LogP contribution is -1.87. The van der Waals surface area contributed by atoms with E-state index in [1.807, 2.05) is 36.4 Å². The lowest BCUT2D eigenvalue weighted by atomic mass is 10.0. The summed E-state index contributed by atoms with van der Waals surface area (Å²) in [5.41, 5.74) is 3.53. The zero-order chi connectivity index (χ0) is 14.2. The first-order valence-electron chi connectivity index (χ1n) is 5.90. The van der Waals surface area contributed by atoms with Gasteiger partial charge >= 0.3 is 0 Å². The maximum atomic E-state index is 10.1. The van der Waals surface area contributed by atoms with Crippen molar-refractivity contribution in [1.29, 1.82) is 0 Å². The quantitative estimate of drug-likeness (QED) is 0.297. The largest absolute Gasteiger partial charge is 0.328 e. The second-order valence-electron chi connectivity index (χ2n) is 4.05. The number of hydrogen-bond acceptors (Lipinski definition) is 5. The molecule has 0 fully saturated rings. The van der Waals surface area contributed by atoms with Gasteiger partial charge in [0, 0.05) is 0 Å². The van der Waals surface area contributed by atoms with Gasteiger partial charge in [0.15, 0.2) is 0 Å². The first-order chi connectivity index (χ1) is 9.81. The van der Waals surface area contributed by atoms with Gasteiger partial charge < -0.3 is 4.89 Å². The van der Waals surface area contributed by atoms with E-state index in [-0.39, 0.29) is 0 Å². The first kappa shape index (κ1) is 13.7. The van der Waals surface area contributed by atoms with Gasteiger partial charge in [0.2, 0.25) is 12.5 Å². The van der Waals surface area contributed by atoms with Crippen molar-refractivity contribution < 1.29 is 14.9 Å². The molecule has 5 heteroatoms. The van der Waals surface area contributed by atoms with Crippen LogP contribution >= 0.6 is 0 Å². The van der Waals surface area contributed by atoms with E-state index in [4.69, 9.17) is 5.26 Å². The zero-order valence-electron chi connectivity index (χ0n) is 10.6. The summed E-state index contributed by atoms with van der Waals surface area (Å²) >= 11 is 0. The van der Waals surface area contributed by atoms with Crippen LogP contribution in [0.15, 0.2) is 58.5 Å². The molecule has 0 saturated carbocycles. The minimum atomic E-state index is 0.595. The molecule has 5 nitrogen and oxygen atoms in total. The number of carbonyl (C=O) groups excluding carboxylic acids is 1. The molecule has 20 heavy (non-hydrogen) atoms. The predicted octanol–water partition coefficient (Wildman–Crippen LogP) is 3.39. The summed E-state index contributed by atoms with van der Waals surface area (Å²) in [6.07, 6.45) is 3.24. The van der Waals surface area contributed by atoms with E-state index >= 15 is 0 Å². The van der Waals surface area contributed by atoms with Crippen LogP contribution in [0.1, 0.15) is 11.1 Å². The van der Waals surface area contributed by atoms with Gasteiger partial charge in [-0.1, -0.05) is 24.3 Å². The predicted molar refractivity (Wildman–Crippen MR) is 75.3 cm³/mol. The van der Waals surface area contributed by atoms with Crippen LogP contribution in [0.25, 0.3) is 0 Å². The van der Waals surface area contributed by atoms with Gasteiger partial charge in [-0.05, 0) is 41.8 Å². The third-order valence-electron chi connectivity index (χ3n) is 2.70. The van der Waals surface area contributed by atoms with Gasteiger partial charge in [0.05, 0.1) is 11.4 Å². The molecule has 100 valence electrons. The average Bonchev–Trinajstić information content (AvgIpc) is 2.49. The molecule has 0 aliphatic rings. The van der Waals surface area contributed by atoms with Gasteiger partial charge in [-0.25, -0.2) is 15.0 Å². The summed E-state index contributed by atoms with van der Waals surface area (Å²) in [7, 11) is 0. The molecule has 2 aromatic carbocycles. The van der Waals surface area contributed by atoms with Crippen LogP contribution in [0, 0.1) is 0 Å². The molecule has 0 atom stereocenters. The van der Waals surface area contributed by atoms with E-state index in [9.17, 15) is 4.79 Å². The normalized spacial score (nSPS) is 10.2. The van der Waals surface area contributed by atoms with Crippen molar-refractivity contribution in [3.63, 3.8) is 0 Å². The van der Waals surface area contributed by atoms with E-state index in [2.05, 4.69) is 14.9 Å². The maximum Gasteiger partial charge on any atom is 0.240 e. The van der Waals surface area contributed by atoms with Crippen molar-refractivity contribution in [3.05, 3.63) is 59.7 Å². The Morgan fingerprint density at radius 2 is 1.55 bits per heavy atom. The molecule has 0 radical (unpaired) electrons. The van der Waals surface area contributed by atoms with Crippen LogP contribution in [-0.4, -0.2) is 17.7 Å². The maximum absolute atomic E-state index is 10.1. The fourth-order valence-electron chi connectivity index (χ4n) is 1.76. The molecule has 1 N–H and O–H groups in total. The van der Waals surface area contributed by atoms with Crippen LogP contribution in [0.3, 0.4) is 0 Å². The van der Waals surface area contributed by atoms with Crippen LogP contribution in [0.4, 0.5) is 11.4 Å². The van der Waals surface area contributed by atoms with Crippen molar-refractivity contribution in [1.82, 2.24) is 0 Å². The van der Waals surface area contributed by atoms with Crippen molar-refractivity contribution in [2.75, 3.05) is 0 Å². The summed E-state index contributed by atoms with van der Waals surface area (Å²) in [6, 6.07) is 14.9. The summed E-state index contributed by atoms with van der Waals surface area (Å²) in [5.74, 6) is 0. The Hall–Kier alpha value is -2.75. The molecule has 0 heterocycles. The molecule has 0 bridgehead atoms. The van der Waals surface area contributed by atoms with E-state index in [0.29, 0.717) is 11.4 Å². The molecular formula is C15H12N2O3. The zero-order valence-corrected chi connectivity index (χ0v) is 10.6. The SMILES string of the molecule is O=C=Nc1ccc(Cc2ccc(N=COO)cc2)cc1. The Bertz CT molecular complexity index is 627. The molecule has 2 rings (SSSR count). The molecule has 0 saturated heterocycles. The highest BCUT2D eigenvalue weighted by Crippen LogP contribution is 2.17. The summed E-state index contributed by atoms with van der Waals surface area (Å²) < 4.78 is 0. The number of aliphatic imine (C=N–C) groups is 2. The highest BCUT2D eigenvalue weighted by atomic mass is 17.1. The standard InChI is InChI=1S/C15H12N2O3/c18-10-16-14-5-1-12(2-6-14)9-13-3-7-15(8-4-13)17-11-20-19/h1-8,11,19H,9H2. The van der Waals surface area contributed by atoms with E-state index in [1.54, 1.807) is 12.1 Å². The Labute approximate surface area is 115 Å². The lowest BCUT2D eigenvalue weighted by Gasteiger charge is -2.02. The van der Waals surface area contributed by atoms with E-state index in [1.165, 1.54) is 6.08 Å². The molecule has 2 aromatic rings. The van der Waals surface area contributed by atoms with Crippen LogP contribution in [0.2, 0.25) is 0 Å². The van der Waals surface area contributed by atoms with Gasteiger partial charge in [0.25, 0.3) is 0 Å². The fraction of sp³-hybridized carbons (Fsp3) is 0.0667. The number of isocyanates is 1. The Morgan fingerprint density at radius 3 is 2.05 bits per heavy atom. The third kappa shape index (κ3) is 3.88. The van der Waals surface area contributed by atoms with Crippen LogP contribution in [0.5, 0.6) is 0 Å². The number of rotatable bonds is 5. The Balaban J connectivity index is 2.05. The van der Waals surface area contributed by atoms with Gasteiger partial charge in [-0.2, -0.15) is 4.99 Å². The number of benzene rings is 2. The molecule has 0 aliphatic carbocycles. The topological polar surface area (TPSA) is 71.2 Å². The van der Waals surface area contributed by atoms with Crippen LogP contribution in [-0.2, 0) is 16.1 Å². The van der Waals surface area contributed by atoms with Crippen LogP contribution < -0.4 is 0 Å². The minimum Gasteiger partial charge on any atom is -0.328 e. The molecule has 0 aromatic heterocycles. The van der Waals surface area contributed by atoms with Crippen molar-refractivity contribution in [2.24, 2.45) is 9.98 Å². The summed E-state index contributed by atoms with van der Waals surface area (Å²) in [4.78, 5) is 21.3. The molecule has 0 spiro atoms.